The van der Waals surface area contributed by atoms with Gasteiger partial charge < -0.3 is 15.4 Å². The lowest BCUT2D eigenvalue weighted by molar-refractivity contribution is 0.0580. The molecule has 96 valence electrons. The predicted molar refractivity (Wildman–Crippen MR) is 68.6 cm³/mol. The standard InChI is InChI=1S/C13H28N2O/c1-12(2)16-10-9-15(3)11-13(14)7-5-4-6-8-13/h12H,4-11,14H2,1-3H3. The molecule has 0 aliphatic heterocycles. The van der Waals surface area contributed by atoms with Crippen LogP contribution in [-0.4, -0.2) is 43.3 Å². The van der Waals surface area contributed by atoms with E-state index in [0.29, 0.717) is 6.10 Å². The van der Waals surface area contributed by atoms with Gasteiger partial charge in [-0.1, -0.05) is 19.3 Å². The predicted octanol–water partition coefficient (Wildman–Crippen LogP) is 2.00. The number of likely N-dealkylation sites (N-methyl/N-ethyl adjacent to an activating group) is 1. The molecule has 3 nitrogen and oxygen atoms in total. The van der Waals surface area contributed by atoms with Crippen LogP contribution in [0.2, 0.25) is 0 Å². The summed E-state index contributed by atoms with van der Waals surface area (Å²) in [7, 11) is 2.15. The minimum atomic E-state index is 0.0603. The third kappa shape index (κ3) is 5.28. The molecule has 0 spiro atoms. The maximum atomic E-state index is 6.41. The molecule has 1 aliphatic carbocycles. The van der Waals surface area contributed by atoms with Gasteiger partial charge in [0.15, 0.2) is 0 Å². The zero-order valence-corrected chi connectivity index (χ0v) is 11.2. The molecule has 0 heterocycles. The van der Waals surface area contributed by atoms with E-state index >= 15 is 0 Å². The quantitative estimate of drug-likeness (QED) is 0.756. The van der Waals surface area contributed by atoms with Crippen LogP contribution >= 0.6 is 0 Å². The molecule has 0 aromatic rings. The summed E-state index contributed by atoms with van der Waals surface area (Å²) in [6.07, 6.45) is 6.65. The zero-order valence-electron chi connectivity index (χ0n) is 11.2. The Morgan fingerprint density at radius 2 is 1.88 bits per heavy atom. The van der Waals surface area contributed by atoms with Gasteiger partial charge in [-0.3, -0.25) is 0 Å². The molecule has 2 N–H and O–H groups in total. The summed E-state index contributed by atoms with van der Waals surface area (Å²) >= 11 is 0. The fraction of sp³-hybridized carbons (Fsp3) is 1.00. The second kappa shape index (κ2) is 6.58. The fourth-order valence-corrected chi connectivity index (χ4v) is 2.47. The van der Waals surface area contributed by atoms with Crippen molar-refractivity contribution >= 4 is 0 Å². The third-order valence-corrected chi connectivity index (χ3v) is 3.36. The van der Waals surface area contributed by atoms with Crippen LogP contribution in [0.3, 0.4) is 0 Å². The molecule has 0 atom stereocenters. The molecule has 1 fully saturated rings. The average molecular weight is 228 g/mol. The van der Waals surface area contributed by atoms with Crippen LogP contribution in [0.5, 0.6) is 0 Å². The largest absolute Gasteiger partial charge is 0.377 e. The summed E-state index contributed by atoms with van der Waals surface area (Å²) in [6.45, 7) is 6.95. The van der Waals surface area contributed by atoms with Crippen molar-refractivity contribution in [2.45, 2.75) is 57.6 Å². The van der Waals surface area contributed by atoms with Gasteiger partial charge in [-0.15, -0.1) is 0 Å². The van der Waals surface area contributed by atoms with Crippen LogP contribution in [-0.2, 0) is 4.74 Å². The van der Waals surface area contributed by atoms with Gasteiger partial charge in [0, 0.05) is 18.6 Å². The molecule has 0 unspecified atom stereocenters. The van der Waals surface area contributed by atoms with Gasteiger partial charge in [0.2, 0.25) is 0 Å². The van der Waals surface area contributed by atoms with E-state index in [1.165, 1.54) is 32.1 Å². The van der Waals surface area contributed by atoms with Gasteiger partial charge in [-0.05, 0) is 33.7 Å². The summed E-state index contributed by atoms with van der Waals surface area (Å²) in [5.41, 5.74) is 6.47. The first-order valence-electron chi connectivity index (χ1n) is 6.61. The van der Waals surface area contributed by atoms with Crippen LogP contribution in [0.15, 0.2) is 0 Å². The Kier molecular flexibility index (Phi) is 5.73. The number of ether oxygens (including phenoxy) is 1. The van der Waals surface area contributed by atoms with E-state index in [9.17, 15) is 0 Å². The fourth-order valence-electron chi connectivity index (χ4n) is 2.47. The molecule has 0 amide bonds. The van der Waals surface area contributed by atoms with Crippen molar-refractivity contribution in [2.75, 3.05) is 26.7 Å². The van der Waals surface area contributed by atoms with Gasteiger partial charge in [0.1, 0.15) is 0 Å². The van der Waals surface area contributed by atoms with E-state index in [-0.39, 0.29) is 5.54 Å². The summed E-state index contributed by atoms with van der Waals surface area (Å²) in [6, 6.07) is 0. The first-order valence-corrected chi connectivity index (χ1v) is 6.61. The normalized spacial score (nSPS) is 20.6. The van der Waals surface area contributed by atoms with Crippen molar-refractivity contribution in [3.8, 4) is 0 Å². The van der Waals surface area contributed by atoms with E-state index in [2.05, 4.69) is 25.8 Å². The highest BCUT2D eigenvalue weighted by molar-refractivity contribution is 4.89. The summed E-state index contributed by atoms with van der Waals surface area (Å²) < 4.78 is 5.55. The Bertz CT molecular complexity index is 188. The highest BCUT2D eigenvalue weighted by Gasteiger charge is 2.28. The minimum absolute atomic E-state index is 0.0603. The molecule has 0 bridgehead atoms. The molecule has 1 saturated carbocycles. The topological polar surface area (TPSA) is 38.5 Å². The highest BCUT2D eigenvalue weighted by Crippen LogP contribution is 2.26. The van der Waals surface area contributed by atoms with E-state index < -0.39 is 0 Å². The summed E-state index contributed by atoms with van der Waals surface area (Å²) in [5.74, 6) is 0. The van der Waals surface area contributed by atoms with E-state index in [1.54, 1.807) is 0 Å². The Hall–Kier alpha value is -0.120. The van der Waals surface area contributed by atoms with Crippen molar-refractivity contribution in [1.29, 1.82) is 0 Å². The van der Waals surface area contributed by atoms with Crippen LogP contribution in [0.1, 0.15) is 46.0 Å². The van der Waals surface area contributed by atoms with E-state index in [4.69, 9.17) is 10.5 Å². The van der Waals surface area contributed by atoms with Crippen molar-refractivity contribution in [3.05, 3.63) is 0 Å². The molecule has 0 aromatic heterocycles. The monoisotopic (exact) mass is 228 g/mol. The van der Waals surface area contributed by atoms with Crippen LogP contribution in [0.25, 0.3) is 0 Å². The lowest BCUT2D eigenvalue weighted by Gasteiger charge is -2.36. The number of hydrogen-bond donors (Lipinski definition) is 1. The number of nitrogens with zero attached hydrogens (tertiary/aromatic N) is 1. The third-order valence-electron chi connectivity index (χ3n) is 3.36. The molecular formula is C13H28N2O. The zero-order chi connectivity index (χ0) is 12.0. The summed E-state index contributed by atoms with van der Waals surface area (Å²) in [4.78, 5) is 2.31. The molecule has 0 radical (unpaired) electrons. The maximum Gasteiger partial charge on any atom is 0.0596 e. The van der Waals surface area contributed by atoms with Gasteiger partial charge in [-0.25, -0.2) is 0 Å². The Morgan fingerprint density at radius 3 is 2.44 bits per heavy atom. The second-order valence-electron chi connectivity index (χ2n) is 5.58. The maximum absolute atomic E-state index is 6.41. The lowest BCUT2D eigenvalue weighted by atomic mass is 9.82. The Labute approximate surface area is 100 Å². The van der Waals surface area contributed by atoms with E-state index in [0.717, 1.165) is 19.7 Å². The second-order valence-corrected chi connectivity index (χ2v) is 5.58. The molecular weight excluding hydrogens is 200 g/mol. The first kappa shape index (κ1) is 13.9. The van der Waals surface area contributed by atoms with Crippen molar-refractivity contribution in [3.63, 3.8) is 0 Å². The van der Waals surface area contributed by atoms with Gasteiger partial charge in [-0.2, -0.15) is 0 Å². The van der Waals surface area contributed by atoms with Crippen molar-refractivity contribution in [1.82, 2.24) is 4.90 Å². The molecule has 16 heavy (non-hydrogen) atoms. The molecule has 1 rings (SSSR count). The summed E-state index contributed by atoms with van der Waals surface area (Å²) in [5, 5.41) is 0. The lowest BCUT2D eigenvalue weighted by Crippen LogP contribution is -2.51. The van der Waals surface area contributed by atoms with Crippen molar-refractivity contribution in [2.24, 2.45) is 5.73 Å². The van der Waals surface area contributed by atoms with Crippen LogP contribution in [0.4, 0.5) is 0 Å². The van der Waals surface area contributed by atoms with E-state index in [1.807, 2.05) is 0 Å². The molecule has 0 saturated heterocycles. The van der Waals surface area contributed by atoms with Gasteiger partial charge >= 0.3 is 0 Å². The van der Waals surface area contributed by atoms with Crippen molar-refractivity contribution < 1.29 is 4.74 Å². The Balaban J connectivity index is 2.19. The molecule has 3 heteroatoms. The average Bonchev–Trinajstić information content (AvgIpc) is 2.17. The smallest absolute Gasteiger partial charge is 0.0596 e. The Morgan fingerprint density at radius 1 is 1.25 bits per heavy atom. The molecule has 0 aromatic carbocycles. The highest BCUT2D eigenvalue weighted by atomic mass is 16.5. The number of hydrogen-bond acceptors (Lipinski definition) is 3. The minimum Gasteiger partial charge on any atom is -0.377 e. The van der Waals surface area contributed by atoms with Crippen LogP contribution in [0, 0.1) is 0 Å². The van der Waals surface area contributed by atoms with Gasteiger partial charge in [0.05, 0.1) is 12.7 Å². The van der Waals surface area contributed by atoms with Gasteiger partial charge in [0.25, 0.3) is 0 Å². The number of rotatable bonds is 6. The SMILES string of the molecule is CC(C)OCCN(C)CC1(N)CCCCC1. The first-order chi connectivity index (χ1) is 7.52. The van der Waals surface area contributed by atoms with Crippen LogP contribution < -0.4 is 5.73 Å². The number of nitrogens with two attached hydrogens (primary N) is 1. The molecule has 1 aliphatic rings.